The van der Waals surface area contributed by atoms with E-state index in [0.29, 0.717) is 18.1 Å². The minimum absolute atomic E-state index is 0.477. The minimum Gasteiger partial charge on any atom is -0.399 e. The average Bonchev–Trinajstić information content (AvgIpc) is 3.29. The molecule has 128 valence electrons. The fraction of sp³-hybridized carbons (Fsp3) is 0.381. The van der Waals surface area contributed by atoms with E-state index in [1.807, 2.05) is 18.3 Å². The molecule has 2 N–H and O–H groups in total. The number of aromatic nitrogens is 2. The molecule has 25 heavy (non-hydrogen) atoms. The summed E-state index contributed by atoms with van der Waals surface area (Å²) < 4.78 is 2.25. The molecule has 5 rings (SSSR count). The summed E-state index contributed by atoms with van der Waals surface area (Å²) in [6, 6.07) is 16.9. The summed E-state index contributed by atoms with van der Waals surface area (Å²) in [4.78, 5) is 2.71. The highest BCUT2D eigenvalue weighted by Crippen LogP contribution is 2.45. The van der Waals surface area contributed by atoms with Crippen molar-refractivity contribution in [2.45, 2.75) is 50.9 Å². The summed E-state index contributed by atoms with van der Waals surface area (Å²) in [6.07, 6.45) is 5.76. The number of nitrogens with zero attached hydrogens (tertiary/aromatic N) is 3. The highest BCUT2D eigenvalue weighted by atomic mass is 15.4. The van der Waals surface area contributed by atoms with Gasteiger partial charge in [0.25, 0.3) is 0 Å². The maximum atomic E-state index is 5.92. The van der Waals surface area contributed by atoms with E-state index in [1.165, 1.54) is 35.9 Å². The van der Waals surface area contributed by atoms with Gasteiger partial charge in [0, 0.05) is 29.7 Å². The Morgan fingerprint density at radius 3 is 2.76 bits per heavy atom. The van der Waals surface area contributed by atoms with Crippen molar-refractivity contribution in [1.29, 1.82) is 0 Å². The van der Waals surface area contributed by atoms with Crippen molar-refractivity contribution in [2.24, 2.45) is 0 Å². The van der Waals surface area contributed by atoms with Crippen molar-refractivity contribution >= 4 is 16.6 Å². The topological polar surface area (TPSA) is 47.1 Å². The predicted octanol–water partition coefficient (Wildman–Crippen LogP) is 3.90. The summed E-state index contributed by atoms with van der Waals surface area (Å²) >= 11 is 0. The van der Waals surface area contributed by atoms with Gasteiger partial charge >= 0.3 is 0 Å². The Balaban J connectivity index is 1.43. The second-order valence-corrected chi connectivity index (χ2v) is 7.67. The second kappa shape index (κ2) is 5.60. The maximum Gasteiger partial charge on any atom is 0.0696 e. The molecule has 2 aliphatic heterocycles. The Morgan fingerprint density at radius 1 is 1.08 bits per heavy atom. The van der Waals surface area contributed by atoms with Crippen LogP contribution >= 0.6 is 0 Å². The Bertz CT molecular complexity index is 911. The molecule has 2 aromatic carbocycles. The number of fused-ring (bicyclic) bond motifs is 3. The van der Waals surface area contributed by atoms with Crippen molar-refractivity contribution in [3.8, 4) is 0 Å². The van der Waals surface area contributed by atoms with E-state index >= 15 is 0 Å². The van der Waals surface area contributed by atoms with Crippen LogP contribution in [0.4, 0.5) is 5.69 Å². The molecule has 1 aromatic heterocycles. The zero-order chi connectivity index (χ0) is 17.0. The van der Waals surface area contributed by atoms with E-state index in [9.17, 15) is 0 Å². The molecule has 0 amide bonds. The third-order valence-corrected chi connectivity index (χ3v) is 6.07. The SMILES string of the molecule is Cc1ccc(CN2C3CCC2C(n2ncc4cc(N)ccc42)C3)cc1. The molecule has 0 radical (unpaired) electrons. The molecule has 4 heteroatoms. The molecule has 2 saturated heterocycles. The number of nitrogens with two attached hydrogens (primary N) is 1. The lowest BCUT2D eigenvalue weighted by molar-refractivity contribution is 0.226. The van der Waals surface area contributed by atoms with Crippen LogP contribution in [0, 0.1) is 6.92 Å². The molecule has 2 bridgehead atoms. The van der Waals surface area contributed by atoms with E-state index in [-0.39, 0.29) is 0 Å². The maximum absolute atomic E-state index is 5.92. The lowest BCUT2D eigenvalue weighted by atomic mass is 9.95. The van der Waals surface area contributed by atoms with Gasteiger partial charge in [0.2, 0.25) is 0 Å². The Hall–Kier alpha value is -2.33. The van der Waals surface area contributed by atoms with Gasteiger partial charge in [-0.1, -0.05) is 29.8 Å². The lowest BCUT2D eigenvalue weighted by Crippen LogP contribution is -2.31. The van der Waals surface area contributed by atoms with Crippen LogP contribution < -0.4 is 5.73 Å². The summed E-state index contributed by atoms with van der Waals surface area (Å²) in [5, 5.41) is 5.87. The van der Waals surface area contributed by atoms with Gasteiger partial charge in [-0.25, -0.2) is 0 Å². The van der Waals surface area contributed by atoms with Crippen LogP contribution in [0.25, 0.3) is 10.9 Å². The largest absolute Gasteiger partial charge is 0.399 e. The van der Waals surface area contributed by atoms with Gasteiger partial charge in [0.15, 0.2) is 0 Å². The molecule has 3 atom stereocenters. The fourth-order valence-electron chi connectivity index (χ4n) is 4.82. The molecule has 0 spiro atoms. The fourth-order valence-corrected chi connectivity index (χ4v) is 4.82. The average molecular weight is 332 g/mol. The van der Waals surface area contributed by atoms with Crippen molar-refractivity contribution in [3.63, 3.8) is 0 Å². The highest BCUT2D eigenvalue weighted by Gasteiger charge is 2.47. The van der Waals surface area contributed by atoms with Crippen LogP contribution in [-0.2, 0) is 6.54 Å². The summed E-state index contributed by atoms with van der Waals surface area (Å²) in [5.41, 5.74) is 10.7. The standard InChI is InChI=1S/C21H24N4/c1-14-2-4-15(5-3-14)13-24-18-7-9-20(24)21(11-18)25-19-8-6-17(22)10-16(19)12-23-25/h2-6,8,10,12,18,20-21H,7,9,11,13,22H2,1H3. The molecule has 2 aliphatic rings. The molecule has 3 unspecified atom stereocenters. The van der Waals surface area contributed by atoms with Crippen molar-refractivity contribution in [2.75, 3.05) is 5.73 Å². The molecular formula is C21H24N4. The second-order valence-electron chi connectivity index (χ2n) is 7.67. The summed E-state index contributed by atoms with van der Waals surface area (Å²) in [5.74, 6) is 0. The molecule has 3 heterocycles. The first-order valence-electron chi connectivity index (χ1n) is 9.23. The minimum atomic E-state index is 0.477. The number of aryl methyl sites for hydroxylation is 1. The van der Waals surface area contributed by atoms with Crippen LogP contribution in [0.2, 0.25) is 0 Å². The normalized spacial score (nSPS) is 25.9. The van der Waals surface area contributed by atoms with Gasteiger partial charge in [-0.2, -0.15) is 5.10 Å². The number of anilines is 1. The third kappa shape index (κ3) is 2.44. The highest BCUT2D eigenvalue weighted by molar-refractivity contribution is 5.82. The quantitative estimate of drug-likeness (QED) is 0.740. The zero-order valence-electron chi connectivity index (χ0n) is 14.6. The first-order valence-corrected chi connectivity index (χ1v) is 9.23. The Kier molecular flexibility index (Phi) is 3.35. The lowest BCUT2D eigenvalue weighted by Gasteiger charge is -2.25. The van der Waals surface area contributed by atoms with Crippen LogP contribution in [0.5, 0.6) is 0 Å². The molecule has 0 saturated carbocycles. The van der Waals surface area contributed by atoms with E-state index in [1.54, 1.807) is 0 Å². The summed E-state index contributed by atoms with van der Waals surface area (Å²) in [6.45, 7) is 3.20. The predicted molar refractivity (Wildman–Crippen MR) is 101 cm³/mol. The first-order chi connectivity index (χ1) is 12.2. The summed E-state index contributed by atoms with van der Waals surface area (Å²) in [7, 11) is 0. The van der Waals surface area contributed by atoms with Crippen LogP contribution in [-0.4, -0.2) is 26.8 Å². The zero-order valence-corrected chi connectivity index (χ0v) is 14.6. The molecule has 4 nitrogen and oxygen atoms in total. The number of hydrogen-bond donors (Lipinski definition) is 1. The number of nitrogen functional groups attached to an aromatic ring is 1. The van der Waals surface area contributed by atoms with Gasteiger partial charge in [-0.05, 0) is 49.9 Å². The van der Waals surface area contributed by atoms with Crippen LogP contribution in [0.15, 0.2) is 48.7 Å². The molecular weight excluding hydrogens is 308 g/mol. The Labute approximate surface area is 148 Å². The van der Waals surface area contributed by atoms with Gasteiger partial charge < -0.3 is 5.73 Å². The van der Waals surface area contributed by atoms with E-state index in [2.05, 4.69) is 46.8 Å². The van der Waals surface area contributed by atoms with Crippen molar-refractivity contribution < 1.29 is 0 Å². The molecule has 2 fully saturated rings. The third-order valence-electron chi connectivity index (χ3n) is 6.07. The van der Waals surface area contributed by atoms with Crippen molar-refractivity contribution in [3.05, 3.63) is 59.8 Å². The monoisotopic (exact) mass is 332 g/mol. The van der Waals surface area contributed by atoms with E-state index in [4.69, 9.17) is 10.8 Å². The van der Waals surface area contributed by atoms with E-state index in [0.717, 1.165) is 17.6 Å². The van der Waals surface area contributed by atoms with Gasteiger partial charge in [-0.15, -0.1) is 0 Å². The number of rotatable bonds is 3. The van der Waals surface area contributed by atoms with Crippen LogP contribution in [0.1, 0.15) is 36.4 Å². The molecule has 0 aliphatic carbocycles. The van der Waals surface area contributed by atoms with Crippen molar-refractivity contribution in [1.82, 2.24) is 14.7 Å². The number of benzene rings is 2. The van der Waals surface area contributed by atoms with Gasteiger partial charge in [-0.3, -0.25) is 9.58 Å². The van der Waals surface area contributed by atoms with Gasteiger partial charge in [0.1, 0.15) is 0 Å². The smallest absolute Gasteiger partial charge is 0.0696 e. The molecule has 3 aromatic rings. The van der Waals surface area contributed by atoms with E-state index < -0.39 is 0 Å². The van der Waals surface area contributed by atoms with Gasteiger partial charge in [0.05, 0.1) is 17.8 Å². The number of hydrogen-bond acceptors (Lipinski definition) is 3. The first kappa shape index (κ1) is 15.0. The Morgan fingerprint density at radius 2 is 1.92 bits per heavy atom. The van der Waals surface area contributed by atoms with Crippen LogP contribution in [0.3, 0.4) is 0 Å².